The molecule has 0 unspecified atom stereocenters. The number of fused-ring (bicyclic) bond motifs is 1. The van der Waals surface area contributed by atoms with Crippen LogP contribution in [0, 0.1) is 6.92 Å². The van der Waals surface area contributed by atoms with E-state index in [0.29, 0.717) is 38.0 Å². The predicted octanol–water partition coefficient (Wildman–Crippen LogP) is -0.272. The van der Waals surface area contributed by atoms with Crippen LogP contribution in [-0.4, -0.2) is 20.6 Å². The number of hydrogen-bond donors (Lipinski definition) is 3. The molecular weight excluding hydrogens is 359 g/mol. The molecule has 0 saturated carbocycles. The molecule has 5 N–H and O–H groups in total. The predicted molar refractivity (Wildman–Crippen MR) is 91.7 cm³/mol. The van der Waals surface area contributed by atoms with Crippen molar-refractivity contribution in [2.45, 2.75) is 6.92 Å². The number of carbonyl (C=O) groups excluding carboxylic acids is 1. The number of benzene rings is 1. The third-order valence-corrected chi connectivity index (χ3v) is 4.53. The summed E-state index contributed by atoms with van der Waals surface area (Å²) in [5.41, 5.74) is 14.5. The van der Waals surface area contributed by atoms with Gasteiger partial charge in [-0.2, -0.15) is 0 Å². The molecule has 3 rings (SSSR count). The molecule has 114 valence electrons. The zero-order valence-corrected chi connectivity index (χ0v) is 17.4. The fourth-order valence-electron chi connectivity index (χ4n) is 2.18. The molecule has 2 aromatic heterocycles. The SMILES string of the molecule is Cc1nc(-c2cccc(N)c2)c2c(N)c(C(=O)S)sc2n1.[K+].[OH-]. The molecule has 1 aromatic carbocycles. The standard InChI is InChI=1S/C14H12N4OS2.K.H2O/c1-6-17-11(7-3-2-4-8(15)5-7)9-10(16)12(14(19)20)21-13(9)18-6;;/h2-5H,15-16H2,1H3,(H,19,20);;1H2/q;+1;/p-1. The first-order valence-corrected chi connectivity index (χ1v) is 7.39. The monoisotopic (exact) mass is 372 g/mol. The first-order valence-electron chi connectivity index (χ1n) is 6.13. The normalized spacial score (nSPS) is 10.0. The third-order valence-electron chi connectivity index (χ3n) is 3.05. The maximum absolute atomic E-state index is 11.5. The molecule has 23 heavy (non-hydrogen) atoms. The van der Waals surface area contributed by atoms with Gasteiger partial charge < -0.3 is 16.9 Å². The van der Waals surface area contributed by atoms with Crippen molar-refractivity contribution in [2.75, 3.05) is 11.5 Å². The minimum atomic E-state index is -0.369. The van der Waals surface area contributed by atoms with Gasteiger partial charge in [-0.3, -0.25) is 4.79 Å². The van der Waals surface area contributed by atoms with E-state index in [-0.39, 0.29) is 62.0 Å². The summed E-state index contributed by atoms with van der Waals surface area (Å²) in [6, 6.07) is 7.37. The van der Waals surface area contributed by atoms with Crippen molar-refractivity contribution in [1.82, 2.24) is 9.97 Å². The number of aryl methyl sites for hydroxylation is 1. The molecule has 0 fully saturated rings. The van der Waals surface area contributed by atoms with Crippen molar-refractivity contribution >= 4 is 50.7 Å². The Morgan fingerprint density at radius 1 is 1.26 bits per heavy atom. The minimum absolute atomic E-state index is 0. The van der Waals surface area contributed by atoms with Gasteiger partial charge in [0.2, 0.25) is 5.12 Å². The minimum Gasteiger partial charge on any atom is -0.870 e. The van der Waals surface area contributed by atoms with Gasteiger partial charge in [-0.25, -0.2) is 9.97 Å². The van der Waals surface area contributed by atoms with Crippen LogP contribution < -0.4 is 62.9 Å². The van der Waals surface area contributed by atoms with Crippen LogP contribution in [0.3, 0.4) is 0 Å². The van der Waals surface area contributed by atoms with Gasteiger partial charge in [-0.15, -0.1) is 11.3 Å². The summed E-state index contributed by atoms with van der Waals surface area (Å²) in [5, 5.41) is 0.306. The van der Waals surface area contributed by atoms with Crippen LogP contribution in [0.15, 0.2) is 24.3 Å². The molecule has 0 aliphatic carbocycles. The van der Waals surface area contributed by atoms with Crippen LogP contribution in [0.1, 0.15) is 15.5 Å². The van der Waals surface area contributed by atoms with E-state index in [0.717, 1.165) is 5.56 Å². The number of anilines is 2. The summed E-state index contributed by atoms with van der Waals surface area (Å²) < 4.78 is 0. The summed E-state index contributed by atoms with van der Waals surface area (Å²) in [5.74, 6) is 0.610. The first kappa shape index (κ1) is 20.5. The van der Waals surface area contributed by atoms with Gasteiger partial charge in [0.05, 0.1) is 16.8 Å². The number of rotatable bonds is 2. The van der Waals surface area contributed by atoms with E-state index in [1.165, 1.54) is 11.3 Å². The van der Waals surface area contributed by atoms with Gasteiger partial charge in [0, 0.05) is 11.3 Å². The van der Waals surface area contributed by atoms with Crippen LogP contribution in [0.25, 0.3) is 21.5 Å². The van der Waals surface area contributed by atoms with E-state index < -0.39 is 0 Å². The van der Waals surface area contributed by atoms with Crippen LogP contribution in [0.4, 0.5) is 11.4 Å². The molecule has 9 heteroatoms. The average molecular weight is 373 g/mol. The number of aromatic nitrogens is 2. The summed E-state index contributed by atoms with van der Waals surface area (Å²) in [4.78, 5) is 21.4. The second-order valence-corrected chi connectivity index (χ2v) is 5.98. The number of nitrogens with zero attached hydrogens (tertiary/aromatic N) is 2. The molecule has 0 radical (unpaired) electrons. The van der Waals surface area contributed by atoms with Crippen LogP contribution in [0.2, 0.25) is 0 Å². The summed E-state index contributed by atoms with van der Waals surface area (Å²) in [6.07, 6.45) is 0. The largest absolute Gasteiger partial charge is 1.00 e. The number of thiophene rings is 1. The fourth-order valence-corrected chi connectivity index (χ4v) is 3.42. The quantitative estimate of drug-likeness (QED) is 0.323. The van der Waals surface area contributed by atoms with Crippen molar-refractivity contribution in [3.05, 3.63) is 35.0 Å². The first-order chi connectivity index (χ1) is 9.97. The molecule has 0 aliphatic rings. The molecule has 0 amide bonds. The number of nitrogen functional groups attached to an aromatic ring is 2. The molecule has 2 heterocycles. The Morgan fingerprint density at radius 3 is 2.57 bits per heavy atom. The molecule has 3 aromatic rings. The maximum Gasteiger partial charge on any atom is 1.00 e. The third kappa shape index (κ3) is 3.94. The smallest absolute Gasteiger partial charge is 0.870 e. The summed E-state index contributed by atoms with van der Waals surface area (Å²) in [7, 11) is 0. The van der Waals surface area contributed by atoms with E-state index in [2.05, 4.69) is 22.6 Å². The zero-order valence-electron chi connectivity index (χ0n) is 12.6. The van der Waals surface area contributed by atoms with Crippen molar-refractivity contribution < 1.29 is 61.7 Å². The fraction of sp³-hybridized carbons (Fsp3) is 0.0714. The zero-order chi connectivity index (χ0) is 15.1. The number of thiol groups is 1. The van der Waals surface area contributed by atoms with Gasteiger partial charge >= 0.3 is 51.4 Å². The molecule has 0 atom stereocenters. The Balaban J connectivity index is 0.00000132. The molecule has 0 saturated heterocycles. The number of nitrogens with two attached hydrogens (primary N) is 2. The molecule has 6 nitrogen and oxygen atoms in total. The number of hydrogen-bond acceptors (Lipinski definition) is 7. The van der Waals surface area contributed by atoms with Gasteiger partial charge in [0.1, 0.15) is 15.5 Å². The van der Waals surface area contributed by atoms with Gasteiger partial charge in [-0.1, -0.05) is 24.8 Å². The van der Waals surface area contributed by atoms with Crippen LogP contribution >= 0.6 is 24.0 Å². The second-order valence-electron chi connectivity index (χ2n) is 4.58. The van der Waals surface area contributed by atoms with Crippen LogP contribution in [-0.2, 0) is 0 Å². The molecular formula is C14H13KN4O2S2. The topological polar surface area (TPSA) is 125 Å². The molecule has 0 bridgehead atoms. The Morgan fingerprint density at radius 2 is 1.96 bits per heavy atom. The van der Waals surface area contributed by atoms with E-state index in [1.54, 1.807) is 13.0 Å². The Bertz CT molecular complexity index is 883. The average Bonchev–Trinajstić information content (AvgIpc) is 2.75. The second kappa shape index (κ2) is 8.04. The van der Waals surface area contributed by atoms with E-state index >= 15 is 0 Å². The van der Waals surface area contributed by atoms with Gasteiger partial charge in [0.25, 0.3) is 0 Å². The summed E-state index contributed by atoms with van der Waals surface area (Å²) in [6.45, 7) is 1.80. The van der Waals surface area contributed by atoms with E-state index in [4.69, 9.17) is 11.5 Å². The van der Waals surface area contributed by atoms with Crippen molar-refractivity contribution in [3.8, 4) is 11.3 Å². The number of carbonyl (C=O) groups is 1. The van der Waals surface area contributed by atoms with E-state index in [1.807, 2.05) is 18.2 Å². The maximum atomic E-state index is 11.5. The summed E-state index contributed by atoms with van der Waals surface area (Å²) >= 11 is 5.08. The van der Waals surface area contributed by atoms with Crippen LogP contribution in [0.5, 0.6) is 0 Å². The van der Waals surface area contributed by atoms with Gasteiger partial charge in [-0.05, 0) is 19.1 Å². The Labute approximate surface area is 184 Å². The van der Waals surface area contributed by atoms with E-state index in [9.17, 15) is 4.79 Å². The Hall–Kier alpha value is -0.524. The van der Waals surface area contributed by atoms with Gasteiger partial charge in [0.15, 0.2) is 0 Å². The molecule has 0 spiro atoms. The van der Waals surface area contributed by atoms with Crippen molar-refractivity contribution in [3.63, 3.8) is 0 Å². The molecule has 0 aliphatic heterocycles. The Kier molecular flexibility index (Phi) is 7.17. The van der Waals surface area contributed by atoms with Crippen molar-refractivity contribution in [1.29, 1.82) is 0 Å². The van der Waals surface area contributed by atoms with Crippen molar-refractivity contribution in [2.24, 2.45) is 0 Å².